The van der Waals surface area contributed by atoms with Gasteiger partial charge in [-0.05, 0) is 31.2 Å². The molecule has 0 saturated carbocycles. The lowest BCUT2D eigenvalue weighted by Gasteiger charge is -2.10. The minimum Gasteiger partial charge on any atom is -0.383 e. The number of anilines is 1. The number of nitrogens with zero attached hydrogens (tertiary/aromatic N) is 3. The Morgan fingerprint density at radius 3 is 2.79 bits per heavy atom. The van der Waals surface area contributed by atoms with Crippen LogP contribution >= 0.6 is 35.0 Å². The molecule has 9 heteroatoms. The number of nitrogens with one attached hydrogen (secondary N) is 1. The summed E-state index contributed by atoms with van der Waals surface area (Å²) < 4.78 is 7.18. The number of hydrogen-bond acceptors (Lipinski definition) is 5. The average Bonchev–Trinajstić information content (AvgIpc) is 3.10. The first-order chi connectivity index (χ1) is 14.0. The molecule has 3 rings (SSSR count). The molecule has 0 saturated heterocycles. The van der Waals surface area contributed by atoms with Gasteiger partial charge in [-0.2, -0.15) is 0 Å². The summed E-state index contributed by atoms with van der Waals surface area (Å²) in [4.78, 5) is 12.4. The lowest BCUT2D eigenvalue weighted by Crippen LogP contribution is -2.15. The van der Waals surface area contributed by atoms with Gasteiger partial charge < -0.3 is 10.1 Å². The molecule has 0 aliphatic carbocycles. The summed E-state index contributed by atoms with van der Waals surface area (Å²) in [5.74, 6) is 0.686. The molecule has 6 nitrogen and oxygen atoms in total. The van der Waals surface area contributed by atoms with Crippen LogP contribution in [-0.2, 0) is 16.1 Å². The second kappa shape index (κ2) is 10.1. The van der Waals surface area contributed by atoms with Gasteiger partial charge in [-0.15, -0.1) is 10.2 Å². The van der Waals surface area contributed by atoms with E-state index in [2.05, 4.69) is 21.6 Å². The van der Waals surface area contributed by atoms with Gasteiger partial charge in [0.25, 0.3) is 0 Å². The SMILES string of the molecule is COCCn1c(SCC(=O)Nc2cc(Cl)ccc2Cl)nnc1-c1cccc(C)c1. The maximum Gasteiger partial charge on any atom is 0.234 e. The molecule has 1 N–H and O–H groups in total. The molecule has 1 aromatic heterocycles. The van der Waals surface area contributed by atoms with Gasteiger partial charge in [0.05, 0.1) is 29.6 Å². The molecular formula is C20H20Cl2N4O2S. The second-order valence-corrected chi connectivity index (χ2v) is 8.07. The lowest BCUT2D eigenvalue weighted by molar-refractivity contribution is -0.113. The predicted molar refractivity (Wildman–Crippen MR) is 118 cm³/mol. The van der Waals surface area contributed by atoms with Gasteiger partial charge in [-0.3, -0.25) is 9.36 Å². The molecule has 2 aromatic carbocycles. The molecule has 1 heterocycles. The first-order valence-corrected chi connectivity index (χ1v) is 10.6. The first kappa shape index (κ1) is 21.6. The third-order valence-electron chi connectivity index (χ3n) is 4.05. The van der Waals surface area contributed by atoms with Gasteiger partial charge in [0.1, 0.15) is 0 Å². The highest BCUT2D eigenvalue weighted by molar-refractivity contribution is 7.99. The van der Waals surface area contributed by atoms with E-state index >= 15 is 0 Å². The van der Waals surface area contributed by atoms with E-state index in [-0.39, 0.29) is 11.7 Å². The Balaban J connectivity index is 1.74. The van der Waals surface area contributed by atoms with E-state index in [0.29, 0.717) is 34.0 Å². The standard InChI is InChI=1S/C20H20Cl2N4O2S/c1-13-4-3-5-14(10-13)19-24-25-20(26(19)8-9-28-2)29-12-18(27)23-17-11-15(21)6-7-16(17)22/h3-7,10-11H,8-9,12H2,1-2H3,(H,23,27). The van der Waals surface area contributed by atoms with Gasteiger partial charge in [0, 0.05) is 17.7 Å². The molecular weight excluding hydrogens is 431 g/mol. The topological polar surface area (TPSA) is 69.0 Å². The average molecular weight is 451 g/mol. The zero-order chi connectivity index (χ0) is 20.8. The Bertz CT molecular complexity index is 1010. The van der Waals surface area contributed by atoms with Crippen molar-refractivity contribution in [1.29, 1.82) is 0 Å². The van der Waals surface area contributed by atoms with E-state index in [0.717, 1.165) is 17.0 Å². The molecule has 1 amide bonds. The number of carbonyl (C=O) groups excluding carboxylic acids is 1. The minimum absolute atomic E-state index is 0.155. The molecule has 0 unspecified atom stereocenters. The van der Waals surface area contributed by atoms with E-state index in [1.807, 2.05) is 29.7 Å². The highest BCUT2D eigenvalue weighted by Crippen LogP contribution is 2.27. The van der Waals surface area contributed by atoms with Crippen LogP contribution in [0.5, 0.6) is 0 Å². The van der Waals surface area contributed by atoms with Crippen molar-refractivity contribution in [3.05, 3.63) is 58.1 Å². The molecule has 0 spiro atoms. The van der Waals surface area contributed by atoms with E-state index in [4.69, 9.17) is 27.9 Å². The first-order valence-electron chi connectivity index (χ1n) is 8.85. The van der Waals surface area contributed by atoms with Crippen LogP contribution in [0.15, 0.2) is 47.6 Å². The largest absolute Gasteiger partial charge is 0.383 e. The van der Waals surface area contributed by atoms with Crippen LogP contribution in [0.3, 0.4) is 0 Å². The van der Waals surface area contributed by atoms with Gasteiger partial charge in [0.15, 0.2) is 11.0 Å². The summed E-state index contributed by atoms with van der Waals surface area (Å²) >= 11 is 13.4. The monoisotopic (exact) mass is 450 g/mol. The molecule has 0 aliphatic rings. The molecule has 152 valence electrons. The Morgan fingerprint density at radius 1 is 1.21 bits per heavy atom. The quantitative estimate of drug-likeness (QED) is 0.492. The zero-order valence-corrected chi connectivity index (χ0v) is 18.3. The van der Waals surface area contributed by atoms with Crippen LogP contribution in [0, 0.1) is 6.92 Å². The highest BCUT2D eigenvalue weighted by Gasteiger charge is 2.16. The zero-order valence-electron chi connectivity index (χ0n) is 16.0. The van der Waals surface area contributed by atoms with Gasteiger partial charge in [-0.25, -0.2) is 0 Å². The molecule has 0 aliphatic heterocycles. The number of methoxy groups -OCH3 is 1. The number of aromatic nitrogens is 3. The van der Waals surface area contributed by atoms with Crippen molar-refractivity contribution in [2.45, 2.75) is 18.6 Å². The van der Waals surface area contributed by atoms with Crippen LogP contribution in [0.2, 0.25) is 10.0 Å². The predicted octanol–water partition coefficient (Wildman–Crippen LogP) is 4.94. The lowest BCUT2D eigenvalue weighted by atomic mass is 10.1. The fourth-order valence-corrected chi connectivity index (χ4v) is 3.79. The van der Waals surface area contributed by atoms with E-state index in [1.165, 1.54) is 11.8 Å². The number of hydrogen-bond donors (Lipinski definition) is 1. The number of thioether (sulfide) groups is 1. The van der Waals surface area contributed by atoms with Crippen LogP contribution < -0.4 is 5.32 Å². The number of benzene rings is 2. The van der Waals surface area contributed by atoms with Crippen molar-refractivity contribution < 1.29 is 9.53 Å². The number of halogens is 2. The van der Waals surface area contributed by atoms with Crippen molar-refractivity contribution >= 4 is 46.6 Å². The fourth-order valence-electron chi connectivity index (χ4n) is 2.69. The van der Waals surface area contributed by atoms with Crippen molar-refractivity contribution in [3.63, 3.8) is 0 Å². The maximum atomic E-state index is 12.4. The molecule has 0 fully saturated rings. The third kappa shape index (κ3) is 5.73. The third-order valence-corrected chi connectivity index (χ3v) is 5.58. The molecule has 0 bridgehead atoms. The van der Waals surface area contributed by atoms with E-state index in [1.54, 1.807) is 25.3 Å². The molecule has 0 atom stereocenters. The number of rotatable bonds is 8. The normalized spacial score (nSPS) is 10.9. The number of ether oxygens (including phenoxy) is 1. The number of amides is 1. The summed E-state index contributed by atoms with van der Waals surface area (Å²) in [5, 5.41) is 13.0. The number of carbonyl (C=O) groups is 1. The summed E-state index contributed by atoms with van der Waals surface area (Å²) in [6.45, 7) is 3.12. The fraction of sp³-hybridized carbons (Fsp3) is 0.250. The van der Waals surface area contributed by atoms with Gasteiger partial charge >= 0.3 is 0 Å². The van der Waals surface area contributed by atoms with Crippen molar-refractivity contribution in [2.75, 3.05) is 24.8 Å². The Kier molecular flexibility index (Phi) is 7.55. The van der Waals surface area contributed by atoms with Crippen LogP contribution in [-0.4, -0.2) is 40.1 Å². The van der Waals surface area contributed by atoms with Crippen LogP contribution in [0.4, 0.5) is 5.69 Å². The number of aryl methyl sites for hydroxylation is 1. The van der Waals surface area contributed by atoms with Crippen molar-refractivity contribution in [1.82, 2.24) is 14.8 Å². The summed E-state index contributed by atoms with van der Waals surface area (Å²) in [6.07, 6.45) is 0. The van der Waals surface area contributed by atoms with E-state index < -0.39 is 0 Å². The molecule has 0 radical (unpaired) electrons. The van der Waals surface area contributed by atoms with Crippen molar-refractivity contribution in [3.8, 4) is 11.4 Å². The minimum atomic E-state index is -0.211. The Hall–Kier alpha value is -2.06. The van der Waals surface area contributed by atoms with Gasteiger partial charge in [0.2, 0.25) is 5.91 Å². The van der Waals surface area contributed by atoms with Crippen LogP contribution in [0.25, 0.3) is 11.4 Å². The van der Waals surface area contributed by atoms with Crippen LogP contribution in [0.1, 0.15) is 5.56 Å². The second-order valence-electron chi connectivity index (χ2n) is 6.28. The smallest absolute Gasteiger partial charge is 0.234 e. The summed E-state index contributed by atoms with van der Waals surface area (Å²) in [5.41, 5.74) is 2.58. The Morgan fingerprint density at radius 2 is 2.03 bits per heavy atom. The summed E-state index contributed by atoms with van der Waals surface area (Å²) in [6, 6.07) is 13.0. The van der Waals surface area contributed by atoms with Gasteiger partial charge in [-0.1, -0.05) is 58.7 Å². The Labute approximate surface area is 183 Å². The van der Waals surface area contributed by atoms with E-state index in [9.17, 15) is 4.79 Å². The molecule has 3 aromatic rings. The summed E-state index contributed by atoms with van der Waals surface area (Å²) in [7, 11) is 1.64. The highest BCUT2D eigenvalue weighted by atomic mass is 35.5. The maximum absolute atomic E-state index is 12.4. The van der Waals surface area contributed by atoms with Crippen molar-refractivity contribution in [2.24, 2.45) is 0 Å². The molecule has 29 heavy (non-hydrogen) atoms.